The second-order valence-electron chi connectivity index (χ2n) is 5.66. The zero-order valence-electron chi connectivity index (χ0n) is 14.8. The van der Waals surface area contributed by atoms with Crippen LogP contribution in [0.5, 0.6) is 5.88 Å². The molecule has 0 aliphatic carbocycles. The molecule has 8 nitrogen and oxygen atoms in total. The quantitative estimate of drug-likeness (QED) is 0.566. The van der Waals surface area contributed by atoms with Crippen LogP contribution < -0.4 is 21.9 Å². The summed E-state index contributed by atoms with van der Waals surface area (Å²) < 4.78 is 7.06. The fourth-order valence-corrected chi connectivity index (χ4v) is 2.23. The molecular formula is C17H24N6O2. The third-order valence-electron chi connectivity index (χ3n) is 3.54. The summed E-state index contributed by atoms with van der Waals surface area (Å²) in [6, 6.07) is 8.54. The van der Waals surface area contributed by atoms with Crippen molar-refractivity contribution in [2.75, 3.05) is 13.7 Å². The third kappa shape index (κ3) is 4.80. The van der Waals surface area contributed by atoms with E-state index in [1.807, 2.05) is 32.0 Å². The maximum absolute atomic E-state index is 11.7. The number of hydrogen-bond donors (Lipinski definition) is 2. The lowest BCUT2D eigenvalue weighted by atomic mass is 10.2. The molecule has 2 heterocycles. The Labute approximate surface area is 146 Å². The molecule has 25 heavy (non-hydrogen) atoms. The van der Waals surface area contributed by atoms with Crippen molar-refractivity contribution in [2.45, 2.75) is 26.8 Å². The molecule has 0 bridgehead atoms. The smallest absolute Gasteiger partial charge is 0.266 e. The van der Waals surface area contributed by atoms with Gasteiger partial charge in [-0.05, 0) is 25.5 Å². The summed E-state index contributed by atoms with van der Waals surface area (Å²) in [6.45, 7) is 4.50. The summed E-state index contributed by atoms with van der Waals surface area (Å²) in [7, 11) is 1.67. The van der Waals surface area contributed by atoms with Crippen LogP contribution in [0.4, 0.5) is 0 Å². The topological polar surface area (TPSA) is 112 Å². The second kappa shape index (κ2) is 8.29. The average Bonchev–Trinajstić information content (AvgIpc) is 2.57. The Morgan fingerprint density at radius 1 is 1.32 bits per heavy atom. The SMILES string of the molecule is CCCn1nc(OC/C(=C(/N)c2cccc(C)n2)N(C)N)ccc1=O. The minimum absolute atomic E-state index is 0.103. The highest BCUT2D eigenvalue weighted by Gasteiger charge is 2.12. The van der Waals surface area contributed by atoms with Crippen molar-refractivity contribution in [1.82, 2.24) is 19.8 Å². The van der Waals surface area contributed by atoms with Gasteiger partial charge in [0.15, 0.2) is 0 Å². The van der Waals surface area contributed by atoms with E-state index in [0.717, 1.165) is 12.1 Å². The van der Waals surface area contributed by atoms with E-state index >= 15 is 0 Å². The number of ether oxygens (including phenoxy) is 1. The number of rotatable bonds is 7. The molecule has 0 radical (unpaired) electrons. The summed E-state index contributed by atoms with van der Waals surface area (Å²) in [5.41, 5.74) is 8.52. The van der Waals surface area contributed by atoms with E-state index in [4.69, 9.17) is 16.3 Å². The van der Waals surface area contributed by atoms with Crippen molar-refractivity contribution >= 4 is 5.70 Å². The van der Waals surface area contributed by atoms with Gasteiger partial charge in [0.25, 0.3) is 5.56 Å². The molecule has 0 fully saturated rings. The minimum atomic E-state index is -0.163. The van der Waals surface area contributed by atoms with E-state index in [1.165, 1.54) is 21.8 Å². The Kier molecular flexibility index (Phi) is 6.13. The standard InChI is InChI=1S/C17H24N6O2/c1-4-10-23-16(24)9-8-15(21-23)25-11-14(22(3)19)17(18)13-7-5-6-12(2)20-13/h5-9H,4,10-11,18-19H2,1-3H3/b17-14-. The maximum atomic E-state index is 11.7. The van der Waals surface area contributed by atoms with Crippen LogP contribution in [0.1, 0.15) is 24.7 Å². The molecule has 0 unspecified atom stereocenters. The van der Waals surface area contributed by atoms with Gasteiger partial charge in [-0.2, -0.15) is 0 Å². The Bertz CT molecular complexity index is 813. The average molecular weight is 344 g/mol. The summed E-state index contributed by atoms with van der Waals surface area (Å²) in [5.74, 6) is 6.22. The Morgan fingerprint density at radius 2 is 2.08 bits per heavy atom. The molecule has 8 heteroatoms. The molecule has 0 spiro atoms. The van der Waals surface area contributed by atoms with Crippen LogP contribution in [0.2, 0.25) is 0 Å². The number of hydrazine groups is 1. The van der Waals surface area contributed by atoms with Crippen molar-refractivity contribution in [1.29, 1.82) is 0 Å². The van der Waals surface area contributed by atoms with Gasteiger partial charge in [-0.3, -0.25) is 9.78 Å². The van der Waals surface area contributed by atoms with Gasteiger partial charge in [-0.1, -0.05) is 13.0 Å². The lowest BCUT2D eigenvalue weighted by Crippen LogP contribution is -2.31. The highest BCUT2D eigenvalue weighted by Crippen LogP contribution is 2.14. The van der Waals surface area contributed by atoms with Crippen molar-refractivity contribution in [3.63, 3.8) is 0 Å². The van der Waals surface area contributed by atoms with Gasteiger partial charge < -0.3 is 15.5 Å². The van der Waals surface area contributed by atoms with Crippen molar-refractivity contribution in [3.8, 4) is 5.88 Å². The number of aromatic nitrogens is 3. The van der Waals surface area contributed by atoms with Crippen LogP contribution in [-0.2, 0) is 6.54 Å². The van der Waals surface area contributed by atoms with Crippen LogP contribution in [0, 0.1) is 6.92 Å². The number of nitrogens with two attached hydrogens (primary N) is 2. The predicted molar refractivity (Wildman–Crippen MR) is 96.3 cm³/mol. The van der Waals surface area contributed by atoms with E-state index in [9.17, 15) is 4.79 Å². The molecule has 134 valence electrons. The van der Waals surface area contributed by atoms with E-state index in [0.29, 0.717) is 29.5 Å². The van der Waals surface area contributed by atoms with Crippen molar-refractivity contribution < 1.29 is 4.74 Å². The predicted octanol–water partition coefficient (Wildman–Crippen LogP) is 0.869. The van der Waals surface area contributed by atoms with Gasteiger partial charge in [0, 0.05) is 31.4 Å². The van der Waals surface area contributed by atoms with Gasteiger partial charge in [0.05, 0.1) is 17.1 Å². The minimum Gasteiger partial charge on any atom is -0.470 e. The van der Waals surface area contributed by atoms with Crippen LogP contribution in [-0.4, -0.2) is 33.4 Å². The summed E-state index contributed by atoms with van der Waals surface area (Å²) in [5, 5.41) is 5.57. The highest BCUT2D eigenvalue weighted by atomic mass is 16.5. The Hall–Kier alpha value is -2.87. The largest absolute Gasteiger partial charge is 0.470 e. The molecule has 2 aromatic rings. The monoisotopic (exact) mass is 344 g/mol. The molecule has 4 N–H and O–H groups in total. The molecule has 2 rings (SSSR count). The van der Waals surface area contributed by atoms with E-state index in [-0.39, 0.29) is 12.2 Å². The molecule has 0 saturated carbocycles. The second-order valence-corrected chi connectivity index (χ2v) is 5.66. The number of pyridine rings is 1. The molecule has 0 aliphatic rings. The first-order valence-corrected chi connectivity index (χ1v) is 8.04. The lowest BCUT2D eigenvalue weighted by molar-refractivity contribution is 0.279. The number of aryl methyl sites for hydroxylation is 2. The lowest BCUT2D eigenvalue weighted by Gasteiger charge is -2.20. The summed E-state index contributed by atoms with van der Waals surface area (Å²) in [4.78, 5) is 16.1. The first-order valence-electron chi connectivity index (χ1n) is 8.04. The number of hydrogen-bond acceptors (Lipinski definition) is 7. The van der Waals surface area contributed by atoms with Gasteiger partial charge in [0.2, 0.25) is 5.88 Å². The summed E-state index contributed by atoms with van der Waals surface area (Å²) >= 11 is 0. The molecular weight excluding hydrogens is 320 g/mol. The van der Waals surface area contributed by atoms with Crippen LogP contribution in [0.3, 0.4) is 0 Å². The molecule has 0 amide bonds. The Morgan fingerprint density at radius 3 is 2.72 bits per heavy atom. The van der Waals surface area contributed by atoms with Gasteiger partial charge >= 0.3 is 0 Å². The van der Waals surface area contributed by atoms with Crippen LogP contribution >= 0.6 is 0 Å². The van der Waals surface area contributed by atoms with Crippen LogP contribution in [0.15, 0.2) is 40.8 Å². The summed E-state index contributed by atoms with van der Waals surface area (Å²) in [6.07, 6.45) is 0.805. The first kappa shape index (κ1) is 18.5. The number of nitrogens with zero attached hydrogens (tertiary/aromatic N) is 4. The van der Waals surface area contributed by atoms with Crippen molar-refractivity contribution in [2.24, 2.45) is 11.6 Å². The normalized spacial score (nSPS) is 11.8. The molecule has 2 aromatic heterocycles. The fourth-order valence-electron chi connectivity index (χ4n) is 2.23. The third-order valence-corrected chi connectivity index (χ3v) is 3.54. The number of likely N-dealkylation sites (N-methyl/N-ethyl adjacent to an activating group) is 1. The first-order chi connectivity index (χ1) is 11.9. The highest BCUT2D eigenvalue weighted by molar-refractivity contribution is 5.62. The molecule has 0 aromatic carbocycles. The van der Waals surface area contributed by atoms with Crippen molar-refractivity contribution in [3.05, 3.63) is 57.8 Å². The van der Waals surface area contributed by atoms with E-state index in [1.54, 1.807) is 7.05 Å². The maximum Gasteiger partial charge on any atom is 0.266 e. The van der Waals surface area contributed by atoms with Gasteiger partial charge in [0.1, 0.15) is 6.61 Å². The van der Waals surface area contributed by atoms with E-state index in [2.05, 4.69) is 10.1 Å². The fraction of sp³-hybridized carbons (Fsp3) is 0.353. The Balaban J connectivity index is 2.24. The zero-order valence-corrected chi connectivity index (χ0v) is 14.8. The molecule has 0 aliphatic heterocycles. The van der Waals surface area contributed by atoms with Gasteiger partial charge in [-0.25, -0.2) is 10.5 Å². The van der Waals surface area contributed by atoms with Crippen LogP contribution in [0.25, 0.3) is 5.70 Å². The zero-order chi connectivity index (χ0) is 18.4. The molecule has 0 saturated heterocycles. The van der Waals surface area contributed by atoms with Gasteiger partial charge in [-0.15, -0.1) is 5.10 Å². The molecule has 0 atom stereocenters. The van der Waals surface area contributed by atoms with E-state index < -0.39 is 0 Å².